The van der Waals surface area contributed by atoms with Crippen molar-refractivity contribution in [3.05, 3.63) is 41.2 Å². The molecule has 29 heavy (non-hydrogen) atoms. The number of ether oxygens (including phenoxy) is 1. The lowest BCUT2D eigenvalue weighted by atomic mass is 10.0. The Kier molecular flexibility index (Phi) is 9.32. The highest BCUT2D eigenvalue weighted by molar-refractivity contribution is 6.37. The van der Waals surface area contributed by atoms with Crippen LogP contribution < -0.4 is 10.6 Å². The van der Waals surface area contributed by atoms with Gasteiger partial charge < -0.3 is 20.3 Å². The van der Waals surface area contributed by atoms with Gasteiger partial charge in [0.25, 0.3) is 0 Å². The molecule has 5 nitrogen and oxygen atoms in total. The summed E-state index contributed by atoms with van der Waals surface area (Å²) in [6, 6.07) is 6.01. The fraction of sp³-hybridized carbons (Fsp3) is 0.609. The summed E-state index contributed by atoms with van der Waals surface area (Å²) in [5.74, 6) is 1.58. The fourth-order valence-electron chi connectivity index (χ4n) is 3.87. The highest BCUT2D eigenvalue weighted by Gasteiger charge is 2.14. The smallest absolute Gasteiger partial charge is 0.126 e. The maximum atomic E-state index is 6.22. The Hall–Kier alpha value is -1.56. The summed E-state index contributed by atoms with van der Waals surface area (Å²) in [6.45, 7) is 9.66. The quantitative estimate of drug-likeness (QED) is 0.738. The van der Waals surface area contributed by atoms with Gasteiger partial charge in [-0.25, -0.2) is 4.98 Å². The lowest BCUT2D eigenvalue weighted by Crippen LogP contribution is -2.29. The Balaban J connectivity index is 0.000000252. The summed E-state index contributed by atoms with van der Waals surface area (Å²) in [6.07, 6.45) is 10.4. The monoisotopic (exact) mass is 418 g/mol. The minimum Gasteiger partial charge on any atom is -0.386 e. The first-order valence-electron chi connectivity index (χ1n) is 11.1. The molecular formula is C23H35ClN4O. The summed E-state index contributed by atoms with van der Waals surface area (Å²) in [5, 5.41) is 7.23. The summed E-state index contributed by atoms with van der Waals surface area (Å²) >= 11 is 6.22. The number of hydrogen-bond donors (Lipinski definition) is 2. The molecule has 1 aromatic rings. The van der Waals surface area contributed by atoms with E-state index in [1.165, 1.54) is 38.9 Å². The third-order valence-corrected chi connectivity index (χ3v) is 6.06. The molecule has 3 aliphatic rings. The van der Waals surface area contributed by atoms with Gasteiger partial charge in [0.15, 0.2) is 0 Å². The predicted octanol–water partition coefficient (Wildman–Crippen LogP) is 4.48. The lowest BCUT2D eigenvalue weighted by molar-refractivity contribution is 0.0699. The van der Waals surface area contributed by atoms with Crippen LogP contribution in [0, 0.1) is 5.92 Å². The second-order valence-electron chi connectivity index (χ2n) is 7.86. The van der Waals surface area contributed by atoms with E-state index in [4.69, 9.17) is 16.3 Å². The highest BCUT2D eigenvalue weighted by atomic mass is 35.5. The van der Waals surface area contributed by atoms with Crippen molar-refractivity contribution in [2.45, 2.75) is 39.0 Å². The van der Waals surface area contributed by atoms with Crippen LogP contribution in [-0.4, -0.2) is 55.8 Å². The zero-order valence-corrected chi connectivity index (χ0v) is 18.4. The second-order valence-corrected chi connectivity index (χ2v) is 8.27. The number of likely N-dealkylation sites (tertiary alicyclic amines) is 1. The van der Waals surface area contributed by atoms with Gasteiger partial charge in [-0.2, -0.15) is 0 Å². The Bertz CT molecular complexity index is 679. The summed E-state index contributed by atoms with van der Waals surface area (Å²) in [4.78, 5) is 7.18. The van der Waals surface area contributed by atoms with Gasteiger partial charge in [0.1, 0.15) is 5.82 Å². The molecule has 4 heterocycles. The Morgan fingerprint density at radius 1 is 1.21 bits per heavy atom. The van der Waals surface area contributed by atoms with Crippen LogP contribution >= 0.6 is 11.6 Å². The van der Waals surface area contributed by atoms with Gasteiger partial charge in [-0.1, -0.05) is 37.1 Å². The molecule has 160 valence electrons. The topological polar surface area (TPSA) is 49.4 Å². The van der Waals surface area contributed by atoms with Gasteiger partial charge in [0.2, 0.25) is 0 Å². The molecule has 1 aromatic heterocycles. The number of nitrogens with zero attached hydrogens (tertiary/aromatic N) is 2. The van der Waals surface area contributed by atoms with Crippen molar-refractivity contribution in [2.75, 3.05) is 51.3 Å². The molecule has 0 saturated carbocycles. The van der Waals surface area contributed by atoms with Crippen molar-refractivity contribution in [1.29, 1.82) is 0 Å². The maximum Gasteiger partial charge on any atom is 0.126 e. The van der Waals surface area contributed by atoms with Gasteiger partial charge in [0, 0.05) is 38.1 Å². The molecule has 2 fully saturated rings. The van der Waals surface area contributed by atoms with Crippen molar-refractivity contribution in [1.82, 2.24) is 15.2 Å². The zero-order valence-electron chi connectivity index (χ0n) is 17.6. The fourth-order valence-corrected chi connectivity index (χ4v) is 4.12. The van der Waals surface area contributed by atoms with Crippen molar-refractivity contribution in [2.24, 2.45) is 5.92 Å². The molecule has 0 spiro atoms. The minimum absolute atomic E-state index is 0.672. The summed E-state index contributed by atoms with van der Waals surface area (Å²) < 4.78 is 5.38. The number of nitrogens with one attached hydrogen (secondary N) is 2. The van der Waals surface area contributed by atoms with Crippen LogP contribution in [0.5, 0.6) is 0 Å². The van der Waals surface area contributed by atoms with Crippen molar-refractivity contribution >= 4 is 23.0 Å². The first-order valence-corrected chi connectivity index (χ1v) is 11.4. The molecule has 0 atom stereocenters. The maximum absolute atomic E-state index is 6.22. The molecule has 0 unspecified atom stereocenters. The molecule has 6 heteroatoms. The van der Waals surface area contributed by atoms with Crippen LogP contribution in [0.25, 0.3) is 5.57 Å². The van der Waals surface area contributed by atoms with Gasteiger partial charge >= 0.3 is 0 Å². The predicted molar refractivity (Wildman–Crippen MR) is 122 cm³/mol. The van der Waals surface area contributed by atoms with Gasteiger partial charge in [0.05, 0.1) is 10.7 Å². The van der Waals surface area contributed by atoms with E-state index in [2.05, 4.69) is 33.5 Å². The normalized spacial score (nSPS) is 20.6. The van der Waals surface area contributed by atoms with E-state index in [9.17, 15) is 0 Å². The zero-order chi connectivity index (χ0) is 20.3. The molecule has 0 radical (unpaired) electrons. The molecule has 2 N–H and O–H groups in total. The third kappa shape index (κ3) is 7.32. The largest absolute Gasteiger partial charge is 0.386 e. The van der Waals surface area contributed by atoms with Crippen LogP contribution in [0.1, 0.15) is 44.7 Å². The molecule has 2 saturated heterocycles. The average molecular weight is 419 g/mol. The van der Waals surface area contributed by atoms with E-state index in [-0.39, 0.29) is 0 Å². The molecule has 0 bridgehead atoms. The van der Waals surface area contributed by atoms with Crippen molar-refractivity contribution in [3.63, 3.8) is 0 Å². The van der Waals surface area contributed by atoms with Crippen LogP contribution in [-0.2, 0) is 4.74 Å². The van der Waals surface area contributed by atoms with Crippen molar-refractivity contribution in [3.8, 4) is 0 Å². The van der Waals surface area contributed by atoms with Crippen LogP contribution in [0.2, 0.25) is 0 Å². The number of pyridine rings is 1. The standard InChI is InChI=1S/C16H20ClN3O.C7H15N/c17-14-11-18-7-4-13(14)15-2-1-3-16(20-15)19-10-12-5-8-21-9-6-12;1-2-8-6-4-3-5-7-8/h1-4,11-12,18H,5-10H2,(H,19,20);2-7H2,1H3. The third-order valence-electron chi connectivity index (χ3n) is 5.74. The van der Waals surface area contributed by atoms with E-state index in [1.807, 2.05) is 24.4 Å². The SMILES string of the molecule is CCN1CCCCC1.ClC1=CNCC=C1c1cccc(NCC2CCOCC2)n1. The number of dihydropyridines is 1. The number of anilines is 1. The van der Waals surface area contributed by atoms with Gasteiger partial charge in [-0.05, 0) is 63.4 Å². The molecule has 4 rings (SSSR count). The van der Waals surface area contributed by atoms with Gasteiger partial charge in [-0.15, -0.1) is 0 Å². The summed E-state index contributed by atoms with van der Waals surface area (Å²) in [7, 11) is 0. The van der Waals surface area contributed by atoms with E-state index < -0.39 is 0 Å². The lowest BCUT2D eigenvalue weighted by Gasteiger charge is -2.24. The molecular weight excluding hydrogens is 384 g/mol. The molecule has 0 aliphatic carbocycles. The minimum atomic E-state index is 0.672. The number of aromatic nitrogens is 1. The second kappa shape index (κ2) is 12.2. The van der Waals surface area contributed by atoms with Crippen LogP contribution in [0.15, 0.2) is 35.5 Å². The van der Waals surface area contributed by atoms with E-state index >= 15 is 0 Å². The Morgan fingerprint density at radius 2 is 2.00 bits per heavy atom. The molecule has 0 amide bonds. The number of halogens is 1. The first-order chi connectivity index (χ1) is 14.3. The molecule has 0 aromatic carbocycles. The van der Waals surface area contributed by atoms with E-state index in [1.54, 1.807) is 0 Å². The Labute approximate surface area is 180 Å². The van der Waals surface area contributed by atoms with Crippen molar-refractivity contribution < 1.29 is 4.74 Å². The highest BCUT2D eigenvalue weighted by Crippen LogP contribution is 2.26. The van der Waals surface area contributed by atoms with Gasteiger partial charge in [-0.3, -0.25) is 0 Å². The number of hydrogen-bond acceptors (Lipinski definition) is 5. The first kappa shape index (κ1) is 22.1. The Morgan fingerprint density at radius 3 is 2.69 bits per heavy atom. The number of allylic oxidation sites excluding steroid dienone is 2. The van der Waals surface area contributed by atoms with Crippen LogP contribution in [0.4, 0.5) is 5.82 Å². The molecule has 3 aliphatic heterocycles. The number of rotatable bonds is 5. The van der Waals surface area contributed by atoms with E-state index in [0.29, 0.717) is 11.0 Å². The van der Waals surface area contributed by atoms with Crippen LogP contribution in [0.3, 0.4) is 0 Å². The average Bonchev–Trinajstić information content (AvgIpc) is 2.80. The number of piperidine rings is 1. The van der Waals surface area contributed by atoms with E-state index in [0.717, 1.165) is 56.2 Å². The summed E-state index contributed by atoms with van der Waals surface area (Å²) in [5.41, 5.74) is 1.90.